The van der Waals surface area contributed by atoms with Crippen molar-refractivity contribution in [2.75, 3.05) is 43.3 Å². The molecule has 0 aromatic carbocycles. The summed E-state index contributed by atoms with van der Waals surface area (Å²) in [5, 5.41) is 16.0. The molecule has 0 radical (unpaired) electrons. The Labute approximate surface area is 119 Å². The molecule has 1 aliphatic rings. The van der Waals surface area contributed by atoms with Crippen LogP contribution in [0.3, 0.4) is 0 Å². The molecule has 0 bridgehead atoms. The van der Waals surface area contributed by atoms with E-state index in [0.29, 0.717) is 17.8 Å². The van der Waals surface area contributed by atoms with Gasteiger partial charge in [0.15, 0.2) is 0 Å². The Morgan fingerprint density at radius 3 is 2.30 bits per heavy atom. The Balaban J connectivity index is 2.24. The van der Waals surface area contributed by atoms with Crippen molar-refractivity contribution in [2.24, 2.45) is 0 Å². The summed E-state index contributed by atoms with van der Waals surface area (Å²) < 4.78 is 0. The fourth-order valence-electron chi connectivity index (χ4n) is 2.52. The summed E-state index contributed by atoms with van der Waals surface area (Å²) in [7, 11) is 5.56. The highest BCUT2D eigenvalue weighted by Crippen LogP contribution is 2.30. The summed E-state index contributed by atoms with van der Waals surface area (Å²) in [5.74, 6) is 1.63. The van der Waals surface area contributed by atoms with E-state index in [1.165, 1.54) is 6.42 Å². The summed E-state index contributed by atoms with van der Waals surface area (Å²) in [6.45, 7) is 0.102. The zero-order chi connectivity index (χ0) is 14.6. The van der Waals surface area contributed by atoms with Crippen LogP contribution in [0, 0.1) is 0 Å². The number of rotatable bonds is 5. The van der Waals surface area contributed by atoms with E-state index in [0.717, 1.165) is 25.7 Å². The maximum Gasteiger partial charge on any atom is 0.231 e. The molecule has 1 aromatic heterocycles. The molecular weight excluding hydrogens is 256 g/mol. The molecule has 0 spiro atoms. The molecule has 0 aliphatic heterocycles. The van der Waals surface area contributed by atoms with Crippen molar-refractivity contribution in [2.45, 2.75) is 37.6 Å². The van der Waals surface area contributed by atoms with E-state index in [4.69, 9.17) is 0 Å². The lowest BCUT2D eigenvalue weighted by Crippen LogP contribution is -2.44. The summed E-state index contributed by atoms with van der Waals surface area (Å²) in [6.07, 6.45) is 5.37. The number of aromatic nitrogens is 3. The highest BCUT2D eigenvalue weighted by molar-refractivity contribution is 5.44. The number of nitrogens with zero attached hydrogens (tertiary/aromatic N) is 4. The average Bonchev–Trinajstić information content (AvgIpc) is 2.47. The van der Waals surface area contributed by atoms with Crippen molar-refractivity contribution >= 4 is 17.8 Å². The molecule has 3 N–H and O–H groups in total. The Bertz CT molecular complexity index is 444. The first-order valence-corrected chi connectivity index (χ1v) is 7.09. The van der Waals surface area contributed by atoms with E-state index >= 15 is 0 Å². The second kappa shape index (κ2) is 6.21. The van der Waals surface area contributed by atoms with Gasteiger partial charge < -0.3 is 20.6 Å². The normalized spacial score (nSPS) is 17.6. The number of nitrogens with one attached hydrogen (secondary N) is 2. The maximum atomic E-state index is 9.75. The van der Waals surface area contributed by atoms with Crippen molar-refractivity contribution in [3.05, 3.63) is 0 Å². The van der Waals surface area contributed by atoms with Crippen LogP contribution >= 0.6 is 0 Å². The number of aliphatic hydroxyl groups is 1. The minimum Gasteiger partial charge on any atom is -0.394 e. The predicted octanol–water partition coefficient (Wildman–Crippen LogP) is 1.09. The van der Waals surface area contributed by atoms with Gasteiger partial charge in [0.1, 0.15) is 0 Å². The van der Waals surface area contributed by atoms with Gasteiger partial charge in [0.05, 0.1) is 12.1 Å². The lowest BCUT2D eigenvalue weighted by molar-refractivity contribution is 0.172. The van der Waals surface area contributed by atoms with Gasteiger partial charge >= 0.3 is 0 Å². The van der Waals surface area contributed by atoms with E-state index in [9.17, 15) is 5.11 Å². The number of hydrogen-bond donors (Lipinski definition) is 3. The highest BCUT2D eigenvalue weighted by atomic mass is 16.3. The number of anilines is 3. The Morgan fingerprint density at radius 1 is 1.10 bits per heavy atom. The molecule has 0 unspecified atom stereocenters. The second-order valence-corrected chi connectivity index (χ2v) is 5.55. The Morgan fingerprint density at radius 2 is 1.75 bits per heavy atom. The molecule has 1 heterocycles. The van der Waals surface area contributed by atoms with Gasteiger partial charge in [0, 0.05) is 21.1 Å². The predicted molar refractivity (Wildman–Crippen MR) is 80.2 cm³/mol. The molecule has 2 rings (SSSR count). The van der Waals surface area contributed by atoms with Crippen molar-refractivity contribution in [1.29, 1.82) is 0 Å². The molecule has 7 heteroatoms. The zero-order valence-electron chi connectivity index (χ0n) is 12.5. The first kappa shape index (κ1) is 14.8. The van der Waals surface area contributed by atoms with Gasteiger partial charge in [-0.3, -0.25) is 0 Å². The van der Waals surface area contributed by atoms with Crippen LogP contribution in [0.15, 0.2) is 0 Å². The fraction of sp³-hybridized carbons (Fsp3) is 0.769. The molecule has 1 aromatic rings. The molecule has 0 saturated heterocycles. The van der Waals surface area contributed by atoms with Gasteiger partial charge in [0.2, 0.25) is 17.8 Å². The van der Waals surface area contributed by atoms with Gasteiger partial charge in [-0.15, -0.1) is 0 Å². The Hall–Kier alpha value is -1.63. The molecule has 1 aliphatic carbocycles. The minimum atomic E-state index is -0.297. The smallest absolute Gasteiger partial charge is 0.231 e. The average molecular weight is 280 g/mol. The third kappa shape index (κ3) is 3.27. The lowest BCUT2D eigenvalue weighted by atomic mass is 9.82. The van der Waals surface area contributed by atoms with Crippen LogP contribution in [0.4, 0.5) is 17.8 Å². The third-order valence-corrected chi connectivity index (χ3v) is 3.74. The quantitative estimate of drug-likeness (QED) is 0.744. The second-order valence-electron chi connectivity index (χ2n) is 5.55. The van der Waals surface area contributed by atoms with Crippen LogP contribution in [-0.2, 0) is 0 Å². The van der Waals surface area contributed by atoms with Gasteiger partial charge in [-0.25, -0.2) is 0 Å². The van der Waals surface area contributed by atoms with Gasteiger partial charge in [-0.2, -0.15) is 15.0 Å². The van der Waals surface area contributed by atoms with Crippen LogP contribution in [-0.4, -0.2) is 53.3 Å². The van der Waals surface area contributed by atoms with E-state index < -0.39 is 0 Å². The zero-order valence-corrected chi connectivity index (χ0v) is 12.5. The van der Waals surface area contributed by atoms with Crippen molar-refractivity contribution < 1.29 is 5.11 Å². The van der Waals surface area contributed by atoms with Crippen LogP contribution in [0.5, 0.6) is 0 Å². The van der Waals surface area contributed by atoms with Gasteiger partial charge in [-0.1, -0.05) is 19.3 Å². The first-order chi connectivity index (χ1) is 9.58. The van der Waals surface area contributed by atoms with Crippen molar-refractivity contribution in [3.8, 4) is 0 Å². The summed E-state index contributed by atoms with van der Waals surface area (Å²) in [6, 6.07) is 0. The van der Waals surface area contributed by atoms with Crippen LogP contribution in [0.25, 0.3) is 0 Å². The van der Waals surface area contributed by atoms with Crippen molar-refractivity contribution in [1.82, 2.24) is 15.0 Å². The molecule has 7 nitrogen and oxygen atoms in total. The molecule has 1 saturated carbocycles. The highest BCUT2D eigenvalue weighted by Gasteiger charge is 2.32. The molecule has 0 amide bonds. The van der Waals surface area contributed by atoms with Crippen molar-refractivity contribution in [3.63, 3.8) is 0 Å². The largest absolute Gasteiger partial charge is 0.394 e. The monoisotopic (exact) mass is 280 g/mol. The fourth-order valence-corrected chi connectivity index (χ4v) is 2.52. The van der Waals surface area contributed by atoms with Crippen LogP contribution in [0.1, 0.15) is 32.1 Å². The summed E-state index contributed by atoms with van der Waals surface area (Å²) in [4.78, 5) is 14.9. The van der Waals surface area contributed by atoms with E-state index in [1.54, 1.807) is 7.05 Å². The van der Waals surface area contributed by atoms with E-state index in [2.05, 4.69) is 25.6 Å². The summed E-state index contributed by atoms with van der Waals surface area (Å²) >= 11 is 0. The minimum absolute atomic E-state index is 0.102. The van der Waals surface area contributed by atoms with Crippen LogP contribution < -0.4 is 15.5 Å². The van der Waals surface area contributed by atoms with Gasteiger partial charge in [0.25, 0.3) is 0 Å². The molecule has 112 valence electrons. The van der Waals surface area contributed by atoms with Crippen LogP contribution in [0.2, 0.25) is 0 Å². The van der Waals surface area contributed by atoms with E-state index in [1.807, 2.05) is 19.0 Å². The van der Waals surface area contributed by atoms with E-state index in [-0.39, 0.29) is 12.1 Å². The standard InChI is InChI=1S/C13H24N6O/c1-14-10-15-11(17-12(16-10)19(2)3)18-13(9-20)7-5-4-6-8-13/h20H,4-9H2,1-3H3,(H2,14,15,16,17,18). The lowest BCUT2D eigenvalue weighted by Gasteiger charge is -2.36. The number of hydrogen-bond acceptors (Lipinski definition) is 7. The molecule has 1 fully saturated rings. The third-order valence-electron chi connectivity index (χ3n) is 3.74. The number of aliphatic hydroxyl groups excluding tert-OH is 1. The summed E-state index contributed by atoms with van der Waals surface area (Å²) in [5.41, 5.74) is -0.297. The first-order valence-electron chi connectivity index (χ1n) is 7.09. The maximum absolute atomic E-state index is 9.75. The molecule has 0 atom stereocenters. The van der Waals surface area contributed by atoms with Gasteiger partial charge in [-0.05, 0) is 12.8 Å². The topological polar surface area (TPSA) is 86.2 Å². The SMILES string of the molecule is CNc1nc(NC2(CO)CCCCC2)nc(N(C)C)n1. The molecule has 20 heavy (non-hydrogen) atoms. The Kier molecular flexibility index (Phi) is 4.59. The molecular formula is C13H24N6O.